The first-order chi connectivity index (χ1) is 15.8. The molecule has 0 fully saturated rings. The van der Waals surface area contributed by atoms with E-state index in [2.05, 4.69) is 4.98 Å². The maximum atomic E-state index is 13.0. The first-order valence-electron chi connectivity index (χ1n) is 9.53. The van der Waals surface area contributed by atoms with Crippen molar-refractivity contribution in [2.75, 3.05) is 0 Å². The van der Waals surface area contributed by atoms with Gasteiger partial charge in [0.25, 0.3) is 11.2 Å². The average molecular weight is 479 g/mol. The third-order valence-corrected chi connectivity index (χ3v) is 7.10. The Labute approximate surface area is 190 Å². The number of nitro benzene ring substituents is 1. The molecule has 0 spiro atoms. The number of fused-ring (bicyclic) bond motifs is 3. The summed E-state index contributed by atoms with van der Waals surface area (Å²) in [6, 6.07) is 18.1. The van der Waals surface area contributed by atoms with Crippen molar-refractivity contribution in [3.8, 4) is 5.75 Å². The lowest BCUT2D eigenvalue weighted by Gasteiger charge is -2.09. The Morgan fingerprint density at radius 1 is 1.00 bits per heavy atom. The van der Waals surface area contributed by atoms with E-state index in [9.17, 15) is 23.3 Å². The topological polar surface area (TPSA) is 121 Å². The van der Waals surface area contributed by atoms with E-state index in [-0.39, 0.29) is 21.9 Å². The van der Waals surface area contributed by atoms with Crippen LogP contribution in [0.25, 0.3) is 22.1 Å². The molecule has 0 aliphatic heterocycles. The normalized spacial score (nSPS) is 12.4. The zero-order valence-corrected chi connectivity index (χ0v) is 18.2. The van der Waals surface area contributed by atoms with Gasteiger partial charge in [-0.3, -0.25) is 14.9 Å². The Kier molecular flexibility index (Phi) is 4.91. The summed E-state index contributed by atoms with van der Waals surface area (Å²) in [4.78, 5) is 28.0. The van der Waals surface area contributed by atoms with Crippen LogP contribution < -0.4 is 14.3 Å². The molecule has 0 N–H and O–H groups in total. The first-order valence-corrected chi connectivity index (χ1v) is 11.8. The summed E-state index contributed by atoms with van der Waals surface area (Å²) >= 11 is 1.19. The smallest absolute Gasteiger partial charge is 0.339 e. The minimum absolute atomic E-state index is 0.0196. The van der Waals surface area contributed by atoms with Crippen molar-refractivity contribution in [1.29, 1.82) is 0 Å². The Bertz CT molecular complexity index is 1760. The fourth-order valence-electron chi connectivity index (χ4n) is 3.33. The van der Waals surface area contributed by atoms with E-state index in [0.717, 1.165) is 24.3 Å². The lowest BCUT2D eigenvalue weighted by molar-refractivity contribution is -0.384. The first kappa shape index (κ1) is 20.8. The number of hydrogen-bond donors (Lipinski definition) is 0. The lowest BCUT2D eigenvalue weighted by atomic mass is 10.2. The Morgan fingerprint density at radius 3 is 2.45 bits per heavy atom. The minimum atomic E-state index is -4.26. The summed E-state index contributed by atoms with van der Waals surface area (Å²) in [5, 5.41) is 10.8. The molecule has 33 heavy (non-hydrogen) atoms. The third-order valence-electron chi connectivity index (χ3n) is 4.89. The van der Waals surface area contributed by atoms with E-state index >= 15 is 0 Å². The molecule has 0 unspecified atom stereocenters. The van der Waals surface area contributed by atoms with Crippen LogP contribution in [0.2, 0.25) is 0 Å². The Morgan fingerprint density at radius 2 is 1.70 bits per heavy atom. The molecule has 5 aromatic rings. The van der Waals surface area contributed by atoms with Crippen molar-refractivity contribution < 1.29 is 17.5 Å². The highest BCUT2D eigenvalue weighted by Crippen LogP contribution is 2.25. The molecular weight excluding hydrogens is 466 g/mol. The van der Waals surface area contributed by atoms with E-state index in [0.29, 0.717) is 26.1 Å². The summed E-state index contributed by atoms with van der Waals surface area (Å²) in [5.41, 5.74) is 1.29. The second kappa shape index (κ2) is 7.80. The molecule has 0 aliphatic rings. The number of hydrogen-bond acceptors (Lipinski definition) is 8. The molecule has 2 heterocycles. The van der Waals surface area contributed by atoms with Crippen LogP contribution in [0.4, 0.5) is 5.69 Å². The van der Waals surface area contributed by atoms with E-state index in [4.69, 9.17) is 4.18 Å². The summed E-state index contributed by atoms with van der Waals surface area (Å²) in [5.74, 6) is 0.0196. The number of nitro groups is 1. The number of nitrogens with zero attached hydrogens (tertiary/aromatic N) is 3. The second-order valence-corrected chi connectivity index (χ2v) is 9.52. The summed E-state index contributed by atoms with van der Waals surface area (Å²) in [6.07, 6.45) is 1.55. The van der Waals surface area contributed by atoms with Gasteiger partial charge in [-0.05, 0) is 36.4 Å². The standard InChI is InChI=1S/C22H13N3O6S2/c26-21-20(32-22-23-17-6-2-3-7-18(17)24(21)22)13-14-5-1-4-8-19(14)31-33(29,30)16-11-9-15(10-12-16)25(27)28/h1-13H/b20-13+. The van der Waals surface area contributed by atoms with Crippen molar-refractivity contribution >= 4 is 49.2 Å². The van der Waals surface area contributed by atoms with Crippen LogP contribution in [0.3, 0.4) is 0 Å². The van der Waals surface area contributed by atoms with Gasteiger partial charge < -0.3 is 4.18 Å². The van der Waals surface area contributed by atoms with Crippen molar-refractivity contribution in [1.82, 2.24) is 9.38 Å². The minimum Gasteiger partial charge on any atom is -0.378 e. The predicted octanol–water partition coefficient (Wildman–Crippen LogP) is 3.13. The molecule has 11 heteroatoms. The molecule has 164 valence electrons. The highest BCUT2D eigenvalue weighted by atomic mass is 32.2. The fraction of sp³-hybridized carbons (Fsp3) is 0. The van der Waals surface area contributed by atoms with Crippen LogP contribution in [0, 0.1) is 10.1 Å². The molecule has 2 aromatic heterocycles. The number of rotatable bonds is 5. The van der Waals surface area contributed by atoms with Crippen molar-refractivity contribution in [3.63, 3.8) is 0 Å². The number of para-hydroxylation sites is 3. The molecule has 0 aliphatic carbocycles. The highest BCUT2D eigenvalue weighted by Gasteiger charge is 2.20. The number of benzene rings is 3. The van der Waals surface area contributed by atoms with E-state index in [1.54, 1.807) is 30.3 Å². The molecular formula is C22H13N3O6S2. The van der Waals surface area contributed by atoms with Crippen LogP contribution in [-0.2, 0) is 10.1 Å². The average Bonchev–Trinajstić information content (AvgIpc) is 3.31. The maximum absolute atomic E-state index is 13.0. The van der Waals surface area contributed by atoms with Gasteiger partial charge in [-0.2, -0.15) is 8.42 Å². The van der Waals surface area contributed by atoms with Crippen LogP contribution >= 0.6 is 11.3 Å². The zero-order chi connectivity index (χ0) is 23.2. The SMILES string of the molecule is O=c1/c(=C\c2ccccc2OS(=O)(=O)c2ccc([N+](=O)[O-])cc2)sc2nc3ccccc3n12. The van der Waals surface area contributed by atoms with E-state index < -0.39 is 15.0 Å². The van der Waals surface area contributed by atoms with Gasteiger partial charge in [-0.25, -0.2) is 9.38 Å². The largest absolute Gasteiger partial charge is 0.378 e. The molecule has 0 saturated heterocycles. The molecule has 0 radical (unpaired) electrons. The number of imidazole rings is 1. The van der Waals surface area contributed by atoms with Gasteiger partial charge in [0.05, 0.1) is 20.5 Å². The van der Waals surface area contributed by atoms with Gasteiger partial charge in [0.15, 0.2) is 4.96 Å². The molecule has 0 bridgehead atoms. The van der Waals surface area contributed by atoms with Crippen LogP contribution in [0.15, 0.2) is 82.5 Å². The Balaban J connectivity index is 1.56. The number of aromatic nitrogens is 2. The van der Waals surface area contributed by atoms with Gasteiger partial charge >= 0.3 is 10.1 Å². The second-order valence-electron chi connectivity index (χ2n) is 6.96. The predicted molar refractivity (Wildman–Crippen MR) is 123 cm³/mol. The lowest BCUT2D eigenvalue weighted by Crippen LogP contribution is -2.22. The molecule has 0 amide bonds. The Hall–Kier alpha value is -4.09. The van der Waals surface area contributed by atoms with Gasteiger partial charge in [0.1, 0.15) is 10.6 Å². The van der Waals surface area contributed by atoms with Gasteiger partial charge in [-0.1, -0.05) is 41.7 Å². The molecule has 3 aromatic carbocycles. The summed E-state index contributed by atoms with van der Waals surface area (Å²) < 4.78 is 32.6. The zero-order valence-electron chi connectivity index (χ0n) is 16.6. The fourth-order valence-corrected chi connectivity index (χ4v) is 5.26. The van der Waals surface area contributed by atoms with Gasteiger partial charge in [-0.15, -0.1) is 0 Å². The van der Waals surface area contributed by atoms with Crippen LogP contribution in [-0.4, -0.2) is 22.7 Å². The number of thiazole rings is 1. The van der Waals surface area contributed by atoms with Gasteiger partial charge in [0.2, 0.25) is 0 Å². The quantitative estimate of drug-likeness (QED) is 0.216. The van der Waals surface area contributed by atoms with Crippen LogP contribution in [0.1, 0.15) is 5.56 Å². The summed E-state index contributed by atoms with van der Waals surface area (Å²) in [7, 11) is -4.26. The van der Waals surface area contributed by atoms with Crippen molar-refractivity contribution in [2.45, 2.75) is 4.90 Å². The molecule has 0 saturated carbocycles. The van der Waals surface area contributed by atoms with E-state index in [1.165, 1.54) is 21.8 Å². The monoisotopic (exact) mass is 479 g/mol. The third kappa shape index (κ3) is 3.73. The highest BCUT2D eigenvalue weighted by molar-refractivity contribution is 7.87. The van der Waals surface area contributed by atoms with E-state index in [1.807, 2.05) is 18.2 Å². The summed E-state index contributed by atoms with van der Waals surface area (Å²) in [6.45, 7) is 0. The molecule has 9 nitrogen and oxygen atoms in total. The molecule has 5 rings (SSSR count). The molecule has 0 atom stereocenters. The van der Waals surface area contributed by atoms with Crippen molar-refractivity contribution in [3.05, 3.63) is 103 Å². The number of non-ortho nitro benzene ring substituents is 1. The maximum Gasteiger partial charge on any atom is 0.339 e. The van der Waals surface area contributed by atoms with Crippen LogP contribution in [0.5, 0.6) is 5.75 Å². The van der Waals surface area contributed by atoms with Gasteiger partial charge in [0, 0.05) is 17.7 Å². The van der Waals surface area contributed by atoms with Crippen molar-refractivity contribution in [2.24, 2.45) is 0 Å².